The minimum atomic E-state index is -0.883. The summed E-state index contributed by atoms with van der Waals surface area (Å²) in [6, 6.07) is 15.7. The van der Waals surface area contributed by atoms with E-state index in [0.29, 0.717) is 5.56 Å². The van der Waals surface area contributed by atoms with Crippen LogP contribution in [0.5, 0.6) is 0 Å². The summed E-state index contributed by atoms with van der Waals surface area (Å²) in [6.07, 6.45) is 0.861. The zero-order valence-corrected chi connectivity index (χ0v) is 13.1. The van der Waals surface area contributed by atoms with Crippen molar-refractivity contribution in [1.82, 2.24) is 0 Å². The molecule has 3 rings (SSSR count). The summed E-state index contributed by atoms with van der Waals surface area (Å²) in [4.78, 5) is 11.0. The SMILES string of the molecule is CC1=[N+](C)c2ccccc2C1(C)Cc1ccc(C(=O)O)cc1. The average molecular weight is 294 g/mol. The van der Waals surface area contributed by atoms with E-state index in [0.717, 1.165) is 12.0 Å². The lowest BCUT2D eigenvalue weighted by Gasteiger charge is -2.22. The molecule has 1 heterocycles. The molecular formula is C19H20NO2+. The quantitative estimate of drug-likeness (QED) is 0.878. The van der Waals surface area contributed by atoms with Crippen LogP contribution in [0.15, 0.2) is 48.5 Å². The number of carbonyl (C=O) groups is 1. The van der Waals surface area contributed by atoms with Crippen LogP contribution in [0, 0.1) is 0 Å². The van der Waals surface area contributed by atoms with E-state index in [2.05, 4.69) is 49.7 Å². The number of carboxylic acids is 1. The van der Waals surface area contributed by atoms with E-state index in [9.17, 15) is 4.79 Å². The molecule has 1 unspecified atom stereocenters. The molecule has 2 aromatic rings. The summed E-state index contributed by atoms with van der Waals surface area (Å²) in [5.74, 6) is -0.883. The Labute approximate surface area is 130 Å². The summed E-state index contributed by atoms with van der Waals surface area (Å²) < 4.78 is 2.25. The van der Waals surface area contributed by atoms with Crippen LogP contribution in [0.2, 0.25) is 0 Å². The van der Waals surface area contributed by atoms with Gasteiger partial charge in [0.25, 0.3) is 0 Å². The lowest BCUT2D eigenvalue weighted by Crippen LogP contribution is -2.32. The fraction of sp³-hybridized carbons (Fsp3) is 0.263. The first kappa shape index (κ1) is 14.5. The topological polar surface area (TPSA) is 40.3 Å². The van der Waals surface area contributed by atoms with Crippen molar-refractivity contribution in [3.63, 3.8) is 0 Å². The highest BCUT2D eigenvalue weighted by Crippen LogP contribution is 2.41. The van der Waals surface area contributed by atoms with Gasteiger partial charge >= 0.3 is 5.97 Å². The van der Waals surface area contributed by atoms with Gasteiger partial charge in [-0.2, -0.15) is 0 Å². The average Bonchev–Trinajstić information content (AvgIpc) is 2.70. The highest BCUT2D eigenvalue weighted by Gasteiger charge is 2.44. The molecule has 0 bridgehead atoms. The largest absolute Gasteiger partial charge is 0.478 e. The lowest BCUT2D eigenvalue weighted by atomic mass is 9.75. The summed E-state index contributed by atoms with van der Waals surface area (Å²) in [5, 5.41) is 9.01. The maximum Gasteiger partial charge on any atom is 0.335 e. The molecule has 0 saturated heterocycles. The first-order valence-corrected chi connectivity index (χ1v) is 7.43. The van der Waals surface area contributed by atoms with Crippen LogP contribution in [0.25, 0.3) is 0 Å². The Kier molecular flexibility index (Phi) is 3.36. The number of rotatable bonds is 3. The molecule has 0 amide bonds. The fourth-order valence-electron chi connectivity index (χ4n) is 3.37. The van der Waals surface area contributed by atoms with Crippen molar-refractivity contribution in [3.8, 4) is 0 Å². The van der Waals surface area contributed by atoms with Crippen molar-refractivity contribution in [3.05, 3.63) is 65.2 Å². The van der Waals surface area contributed by atoms with Crippen LogP contribution in [0.3, 0.4) is 0 Å². The van der Waals surface area contributed by atoms with Gasteiger partial charge in [-0.1, -0.05) is 30.3 Å². The third-order valence-corrected chi connectivity index (χ3v) is 4.92. The van der Waals surface area contributed by atoms with Gasteiger partial charge in [0.05, 0.1) is 11.0 Å². The molecule has 0 radical (unpaired) electrons. The van der Waals surface area contributed by atoms with Gasteiger partial charge in [-0.3, -0.25) is 0 Å². The summed E-state index contributed by atoms with van der Waals surface area (Å²) in [6.45, 7) is 4.43. The maximum atomic E-state index is 11.0. The molecular weight excluding hydrogens is 274 g/mol. The first-order valence-electron chi connectivity index (χ1n) is 7.43. The van der Waals surface area contributed by atoms with E-state index in [4.69, 9.17) is 5.11 Å². The van der Waals surface area contributed by atoms with Gasteiger partial charge in [0, 0.05) is 18.6 Å². The number of nitrogens with zero attached hydrogens (tertiary/aromatic N) is 1. The van der Waals surface area contributed by atoms with E-state index in [-0.39, 0.29) is 5.41 Å². The van der Waals surface area contributed by atoms with E-state index >= 15 is 0 Å². The smallest absolute Gasteiger partial charge is 0.335 e. The van der Waals surface area contributed by atoms with Crippen LogP contribution >= 0.6 is 0 Å². The van der Waals surface area contributed by atoms with Gasteiger partial charge in [-0.25, -0.2) is 9.37 Å². The Hall–Kier alpha value is -2.42. The Morgan fingerprint density at radius 3 is 2.41 bits per heavy atom. The Bertz CT molecular complexity index is 774. The molecule has 0 saturated carbocycles. The van der Waals surface area contributed by atoms with Crippen LogP contribution in [0.4, 0.5) is 5.69 Å². The molecule has 2 aromatic carbocycles. The fourth-order valence-corrected chi connectivity index (χ4v) is 3.37. The molecule has 3 nitrogen and oxygen atoms in total. The van der Waals surface area contributed by atoms with Gasteiger partial charge in [0.2, 0.25) is 5.69 Å². The predicted octanol–water partition coefficient (Wildman–Crippen LogP) is 3.63. The van der Waals surface area contributed by atoms with E-state index in [1.54, 1.807) is 12.1 Å². The zero-order valence-electron chi connectivity index (χ0n) is 13.1. The van der Waals surface area contributed by atoms with Crippen molar-refractivity contribution >= 4 is 17.4 Å². The second-order valence-corrected chi connectivity index (χ2v) is 6.17. The summed E-state index contributed by atoms with van der Waals surface area (Å²) in [5.41, 5.74) is 5.32. The second kappa shape index (κ2) is 5.09. The molecule has 1 N–H and O–H groups in total. The van der Waals surface area contributed by atoms with Crippen molar-refractivity contribution in [1.29, 1.82) is 0 Å². The van der Waals surface area contributed by atoms with Crippen molar-refractivity contribution in [2.45, 2.75) is 25.7 Å². The van der Waals surface area contributed by atoms with Gasteiger partial charge in [-0.15, -0.1) is 0 Å². The van der Waals surface area contributed by atoms with Gasteiger partial charge in [0.15, 0.2) is 5.71 Å². The highest BCUT2D eigenvalue weighted by atomic mass is 16.4. The molecule has 22 heavy (non-hydrogen) atoms. The van der Waals surface area contributed by atoms with Crippen LogP contribution in [-0.4, -0.2) is 28.4 Å². The van der Waals surface area contributed by atoms with Crippen LogP contribution < -0.4 is 0 Å². The number of hydrogen-bond acceptors (Lipinski definition) is 1. The zero-order chi connectivity index (χ0) is 15.9. The second-order valence-electron chi connectivity index (χ2n) is 6.17. The third kappa shape index (κ3) is 2.13. The van der Waals surface area contributed by atoms with Crippen molar-refractivity contribution in [2.24, 2.45) is 0 Å². The first-order chi connectivity index (χ1) is 10.4. The molecule has 1 aliphatic rings. The molecule has 0 aromatic heterocycles. The Morgan fingerprint density at radius 1 is 1.14 bits per heavy atom. The third-order valence-electron chi connectivity index (χ3n) is 4.92. The number of aromatic carboxylic acids is 1. The van der Waals surface area contributed by atoms with E-state index in [1.807, 2.05) is 12.1 Å². The minimum absolute atomic E-state index is 0.0594. The molecule has 1 atom stereocenters. The summed E-state index contributed by atoms with van der Waals surface area (Å²) >= 11 is 0. The Balaban J connectivity index is 1.99. The number of fused-ring (bicyclic) bond motifs is 1. The molecule has 0 fully saturated rings. The van der Waals surface area contributed by atoms with Crippen LogP contribution in [-0.2, 0) is 11.8 Å². The number of benzene rings is 2. The van der Waals surface area contributed by atoms with Gasteiger partial charge < -0.3 is 5.11 Å². The number of hydrogen-bond donors (Lipinski definition) is 1. The van der Waals surface area contributed by atoms with Gasteiger partial charge in [-0.05, 0) is 31.0 Å². The molecule has 1 aliphatic heterocycles. The van der Waals surface area contributed by atoms with Crippen molar-refractivity contribution < 1.29 is 14.5 Å². The van der Waals surface area contributed by atoms with Crippen LogP contribution in [0.1, 0.15) is 35.3 Å². The number of carboxylic acid groups (broad SMARTS) is 1. The van der Waals surface area contributed by atoms with E-state index in [1.165, 1.54) is 17.0 Å². The lowest BCUT2D eigenvalue weighted by molar-refractivity contribution is -0.403. The predicted molar refractivity (Wildman–Crippen MR) is 87.4 cm³/mol. The molecule has 0 aliphatic carbocycles. The Morgan fingerprint density at radius 2 is 1.77 bits per heavy atom. The maximum absolute atomic E-state index is 11.0. The molecule has 112 valence electrons. The standard InChI is InChI=1S/C19H19NO2/c1-13-19(2,16-6-4-5-7-17(16)20(13)3)12-14-8-10-15(11-9-14)18(21)22/h4-11H,12H2,1-3H3/p+1. The monoisotopic (exact) mass is 294 g/mol. The highest BCUT2D eigenvalue weighted by molar-refractivity contribution is 5.94. The minimum Gasteiger partial charge on any atom is -0.478 e. The molecule has 3 heteroatoms. The van der Waals surface area contributed by atoms with Gasteiger partial charge in [0.1, 0.15) is 7.05 Å². The van der Waals surface area contributed by atoms with Crippen molar-refractivity contribution in [2.75, 3.05) is 7.05 Å². The van der Waals surface area contributed by atoms with E-state index < -0.39 is 5.97 Å². The summed E-state index contributed by atoms with van der Waals surface area (Å²) in [7, 11) is 2.10. The molecule has 0 spiro atoms. The normalized spacial score (nSPS) is 20.1. The number of para-hydroxylation sites is 1.